The van der Waals surface area contributed by atoms with Crippen LogP contribution < -0.4 is 0 Å². The Balaban J connectivity index is 2.33. The summed E-state index contributed by atoms with van der Waals surface area (Å²) in [4.78, 5) is 2.47. The Bertz CT molecular complexity index is 93.7. The first kappa shape index (κ1) is 9.01. The monoisotopic (exact) mass is 157 g/mol. The van der Waals surface area contributed by atoms with Gasteiger partial charge in [0.2, 0.25) is 0 Å². The van der Waals surface area contributed by atoms with Gasteiger partial charge in [-0.3, -0.25) is 0 Å². The van der Waals surface area contributed by atoms with E-state index in [0.717, 1.165) is 25.7 Å². The third-order valence-corrected chi connectivity index (χ3v) is 2.45. The van der Waals surface area contributed by atoms with Crippen LogP contribution in [-0.4, -0.2) is 37.7 Å². The van der Waals surface area contributed by atoms with Gasteiger partial charge in [0.05, 0.1) is 13.2 Å². The molecule has 0 amide bonds. The van der Waals surface area contributed by atoms with Gasteiger partial charge in [0, 0.05) is 13.1 Å². The van der Waals surface area contributed by atoms with Crippen LogP contribution in [0.5, 0.6) is 0 Å². The fourth-order valence-corrected chi connectivity index (χ4v) is 1.49. The molecule has 1 aliphatic rings. The number of hydrogen-bond donors (Lipinski definition) is 0. The lowest BCUT2D eigenvalue weighted by molar-refractivity contribution is 0.121. The third kappa shape index (κ3) is 2.80. The number of nitrogens with zero attached hydrogens (tertiary/aromatic N) is 1. The summed E-state index contributed by atoms with van der Waals surface area (Å²) in [5.74, 6) is 0.762. The van der Waals surface area contributed by atoms with Gasteiger partial charge < -0.3 is 9.64 Å². The van der Waals surface area contributed by atoms with Crippen molar-refractivity contribution in [3.63, 3.8) is 0 Å². The summed E-state index contributed by atoms with van der Waals surface area (Å²) < 4.78 is 5.49. The van der Waals surface area contributed by atoms with Crippen molar-refractivity contribution < 1.29 is 4.74 Å². The van der Waals surface area contributed by atoms with Crippen molar-refractivity contribution >= 4 is 0 Å². The zero-order valence-corrected chi connectivity index (χ0v) is 7.68. The summed E-state index contributed by atoms with van der Waals surface area (Å²) in [6.07, 6.45) is 1.25. The van der Waals surface area contributed by atoms with E-state index < -0.39 is 0 Å². The normalized spacial score (nSPS) is 28.4. The number of ether oxygens (including phenoxy) is 1. The van der Waals surface area contributed by atoms with Crippen molar-refractivity contribution in [1.29, 1.82) is 0 Å². The molecule has 2 nitrogen and oxygen atoms in total. The molecule has 0 aromatic carbocycles. The third-order valence-electron chi connectivity index (χ3n) is 2.45. The summed E-state index contributed by atoms with van der Waals surface area (Å²) in [6.45, 7) is 9.86. The van der Waals surface area contributed by atoms with Crippen LogP contribution in [0.15, 0.2) is 0 Å². The molecule has 1 atom stereocenters. The lowest BCUT2D eigenvalue weighted by Crippen LogP contribution is -2.29. The minimum Gasteiger partial charge on any atom is -0.380 e. The first-order valence-corrected chi connectivity index (χ1v) is 4.66. The van der Waals surface area contributed by atoms with E-state index in [1.165, 1.54) is 19.5 Å². The highest BCUT2D eigenvalue weighted by Gasteiger charge is 2.14. The average molecular weight is 157 g/mol. The van der Waals surface area contributed by atoms with Gasteiger partial charge in [0.1, 0.15) is 0 Å². The quantitative estimate of drug-likeness (QED) is 0.600. The smallest absolute Gasteiger partial charge is 0.0593 e. The molecule has 2 heteroatoms. The first-order valence-electron chi connectivity index (χ1n) is 4.66. The largest absolute Gasteiger partial charge is 0.380 e. The molecule has 66 valence electrons. The van der Waals surface area contributed by atoms with Crippen LogP contribution in [0.3, 0.4) is 0 Å². The van der Waals surface area contributed by atoms with Gasteiger partial charge in [-0.15, -0.1) is 0 Å². The fourth-order valence-electron chi connectivity index (χ4n) is 1.49. The van der Waals surface area contributed by atoms with E-state index in [0.29, 0.717) is 0 Å². The summed E-state index contributed by atoms with van der Waals surface area (Å²) >= 11 is 0. The number of rotatable bonds is 2. The zero-order valence-electron chi connectivity index (χ0n) is 7.68. The predicted octanol–water partition coefficient (Wildman–Crippen LogP) is 1.36. The van der Waals surface area contributed by atoms with Crippen molar-refractivity contribution in [3.8, 4) is 0 Å². The highest BCUT2D eigenvalue weighted by Crippen LogP contribution is 2.09. The Morgan fingerprint density at radius 1 is 1.45 bits per heavy atom. The highest BCUT2D eigenvalue weighted by atomic mass is 16.5. The van der Waals surface area contributed by atoms with Gasteiger partial charge in [0.15, 0.2) is 0 Å². The molecule has 0 radical (unpaired) electrons. The van der Waals surface area contributed by atoms with E-state index in [9.17, 15) is 0 Å². The van der Waals surface area contributed by atoms with Crippen LogP contribution in [0, 0.1) is 5.92 Å². The van der Waals surface area contributed by atoms with Gasteiger partial charge in [-0.05, 0) is 18.9 Å². The maximum absolute atomic E-state index is 5.49. The van der Waals surface area contributed by atoms with Crippen molar-refractivity contribution in [1.82, 2.24) is 4.90 Å². The van der Waals surface area contributed by atoms with Crippen LogP contribution >= 0.6 is 0 Å². The predicted molar refractivity (Wildman–Crippen MR) is 46.7 cm³/mol. The first-order chi connectivity index (χ1) is 5.36. The molecule has 0 N–H and O–H groups in total. The maximum atomic E-state index is 5.49. The summed E-state index contributed by atoms with van der Waals surface area (Å²) in [5, 5.41) is 0. The Morgan fingerprint density at radius 2 is 2.27 bits per heavy atom. The number of likely N-dealkylation sites (N-methyl/N-ethyl adjacent to an activating group) is 1. The molecule has 0 spiro atoms. The SMILES string of the molecule is CCC1COCCN(CC)C1. The molecule has 0 aromatic rings. The van der Waals surface area contributed by atoms with Crippen LogP contribution in [0.4, 0.5) is 0 Å². The van der Waals surface area contributed by atoms with Crippen LogP contribution in [0.2, 0.25) is 0 Å². The minimum absolute atomic E-state index is 0.762. The topological polar surface area (TPSA) is 12.5 Å². The minimum atomic E-state index is 0.762. The van der Waals surface area contributed by atoms with E-state index in [-0.39, 0.29) is 0 Å². The van der Waals surface area contributed by atoms with Crippen molar-refractivity contribution in [2.24, 2.45) is 5.92 Å². The maximum Gasteiger partial charge on any atom is 0.0593 e. The van der Waals surface area contributed by atoms with E-state index >= 15 is 0 Å². The van der Waals surface area contributed by atoms with Crippen molar-refractivity contribution in [2.45, 2.75) is 20.3 Å². The molecule has 1 heterocycles. The molecule has 1 aliphatic heterocycles. The molecule has 0 aliphatic carbocycles. The summed E-state index contributed by atoms with van der Waals surface area (Å²) in [5.41, 5.74) is 0. The fraction of sp³-hybridized carbons (Fsp3) is 1.00. The van der Waals surface area contributed by atoms with Gasteiger partial charge in [-0.2, -0.15) is 0 Å². The molecule has 0 saturated carbocycles. The van der Waals surface area contributed by atoms with Gasteiger partial charge in [0.25, 0.3) is 0 Å². The van der Waals surface area contributed by atoms with Crippen LogP contribution in [0.1, 0.15) is 20.3 Å². The molecule has 0 bridgehead atoms. The van der Waals surface area contributed by atoms with E-state index in [4.69, 9.17) is 4.74 Å². The summed E-state index contributed by atoms with van der Waals surface area (Å²) in [7, 11) is 0. The Kier molecular flexibility index (Phi) is 3.87. The van der Waals surface area contributed by atoms with Gasteiger partial charge in [-0.1, -0.05) is 13.8 Å². The molecule has 1 saturated heterocycles. The Hall–Kier alpha value is -0.0800. The Morgan fingerprint density at radius 3 is 2.91 bits per heavy atom. The van der Waals surface area contributed by atoms with Crippen molar-refractivity contribution in [2.75, 3.05) is 32.8 Å². The second-order valence-corrected chi connectivity index (χ2v) is 3.24. The molecular formula is C9H19NO. The van der Waals surface area contributed by atoms with Crippen molar-refractivity contribution in [3.05, 3.63) is 0 Å². The lowest BCUT2D eigenvalue weighted by atomic mass is 10.1. The molecular weight excluding hydrogens is 138 g/mol. The van der Waals surface area contributed by atoms with E-state index in [1.807, 2.05) is 0 Å². The average Bonchev–Trinajstić information content (AvgIpc) is 2.28. The summed E-state index contributed by atoms with van der Waals surface area (Å²) in [6, 6.07) is 0. The van der Waals surface area contributed by atoms with Crippen LogP contribution in [0.25, 0.3) is 0 Å². The van der Waals surface area contributed by atoms with Gasteiger partial charge in [-0.25, -0.2) is 0 Å². The van der Waals surface area contributed by atoms with E-state index in [1.54, 1.807) is 0 Å². The number of hydrogen-bond acceptors (Lipinski definition) is 2. The standard InChI is InChI=1S/C9H19NO/c1-3-9-7-10(4-2)5-6-11-8-9/h9H,3-8H2,1-2H3. The Labute approximate surface area is 69.5 Å². The zero-order chi connectivity index (χ0) is 8.10. The molecule has 1 rings (SSSR count). The second-order valence-electron chi connectivity index (χ2n) is 3.24. The molecule has 0 aromatic heterocycles. The molecule has 1 unspecified atom stereocenters. The van der Waals surface area contributed by atoms with Gasteiger partial charge >= 0.3 is 0 Å². The lowest BCUT2D eigenvalue weighted by Gasteiger charge is -2.20. The second kappa shape index (κ2) is 4.73. The van der Waals surface area contributed by atoms with E-state index in [2.05, 4.69) is 18.7 Å². The van der Waals surface area contributed by atoms with Crippen LogP contribution in [-0.2, 0) is 4.74 Å². The molecule has 1 fully saturated rings. The highest BCUT2D eigenvalue weighted by molar-refractivity contribution is 4.66. The molecule has 11 heavy (non-hydrogen) atoms.